The molecular weight excluding hydrogens is 444 g/mol. The third kappa shape index (κ3) is 4.21. The number of nitrogens with zero attached hydrogens (tertiary/aromatic N) is 4. The van der Waals surface area contributed by atoms with Crippen molar-refractivity contribution in [3.05, 3.63) is 23.7 Å². The SMILES string of the molecule is CC(C)(C)OC(=O)N1CCCC[C@@H]1[C@H]1C[C@@H](n2ccc3c(Cl)ncnc32)[C@@H]2OC(C)(C)O[C@H]12. The van der Waals surface area contributed by atoms with Gasteiger partial charge in [-0.15, -0.1) is 0 Å². The zero-order valence-electron chi connectivity index (χ0n) is 20.0. The minimum atomic E-state index is -0.687. The summed E-state index contributed by atoms with van der Waals surface area (Å²) in [5.74, 6) is -0.558. The van der Waals surface area contributed by atoms with Crippen molar-refractivity contribution in [1.82, 2.24) is 19.4 Å². The molecule has 5 atom stereocenters. The molecule has 9 heteroatoms. The molecular formula is C24H33ClN4O4. The third-order valence-corrected chi connectivity index (χ3v) is 7.27. The Labute approximate surface area is 199 Å². The van der Waals surface area contributed by atoms with E-state index in [0.717, 1.165) is 36.7 Å². The summed E-state index contributed by atoms with van der Waals surface area (Å²) in [6.45, 7) is 10.3. The van der Waals surface area contributed by atoms with Crippen LogP contribution in [0.4, 0.5) is 4.79 Å². The second kappa shape index (κ2) is 8.10. The van der Waals surface area contributed by atoms with Crippen LogP contribution >= 0.6 is 11.6 Å². The van der Waals surface area contributed by atoms with Gasteiger partial charge in [0.15, 0.2) is 5.79 Å². The molecule has 2 aromatic rings. The van der Waals surface area contributed by atoms with Gasteiger partial charge in [-0.2, -0.15) is 0 Å². The normalized spacial score (nSPS) is 31.7. The summed E-state index contributed by atoms with van der Waals surface area (Å²) in [6.07, 6.45) is 6.83. The van der Waals surface area contributed by atoms with Gasteiger partial charge in [0.1, 0.15) is 28.8 Å². The molecule has 4 heterocycles. The predicted octanol–water partition coefficient (Wildman–Crippen LogP) is 4.96. The van der Waals surface area contributed by atoms with Crippen molar-refractivity contribution in [2.75, 3.05) is 6.54 Å². The Morgan fingerprint density at radius 3 is 2.70 bits per heavy atom. The van der Waals surface area contributed by atoms with E-state index in [0.29, 0.717) is 11.7 Å². The van der Waals surface area contributed by atoms with Gasteiger partial charge in [-0.3, -0.25) is 0 Å². The molecule has 0 N–H and O–H groups in total. The number of aromatic nitrogens is 3. The molecule has 1 amide bonds. The summed E-state index contributed by atoms with van der Waals surface area (Å²) in [6, 6.07) is 2.02. The van der Waals surface area contributed by atoms with Crippen LogP contribution in [-0.4, -0.2) is 61.7 Å². The number of rotatable bonds is 2. The van der Waals surface area contributed by atoms with Crippen LogP contribution in [0, 0.1) is 5.92 Å². The van der Waals surface area contributed by atoms with Gasteiger partial charge in [0.25, 0.3) is 0 Å². The second-order valence-electron chi connectivity index (χ2n) is 10.9. The fraction of sp³-hybridized carbons (Fsp3) is 0.708. The molecule has 3 fully saturated rings. The molecule has 2 saturated heterocycles. The highest BCUT2D eigenvalue weighted by Gasteiger charge is 2.57. The summed E-state index contributed by atoms with van der Waals surface area (Å²) in [4.78, 5) is 23.7. The monoisotopic (exact) mass is 476 g/mol. The van der Waals surface area contributed by atoms with Crippen molar-refractivity contribution in [3.8, 4) is 0 Å². The maximum absolute atomic E-state index is 13.1. The zero-order chi connectivity index (χ0) is 23.5. The van der Waals surface area contributed by atoms with E-state index in [1.807, 2.05) is 51.8 Å². The molecule has 0 bridgehead atoms. The lowest BCUT2D eigenvalue weighted by Crippen LogP contribution is -2.51. The molecule has 1 saturated carbocycles. The number of hydrogen-bond acceptors (Lipinski definition) is 6. The maximum Gasteiger partial charge on any atom is 0.410 e. The topological polar surface area (TPSA) is 78.7 Å². The Morgan fingerprint density at radius 2 is 1.94 bits per heavy atom. The highest BCUT2D eigenvalue weighted by molar-refractivity contribution is 6.33. The second-order valence-corrected chi connectivity index (χ2v) is 11.3. The summed E-state index contributed by atoms with van der Waals surface area (Å²) >= 11 is 6.31. The van der Waals surface area contributed by atoms with Gasteiger partial charge < -0.3 is 23.7 Å². The largest absolute Gasteiger partial charge is 0.444 e. The van der Waals surface area contributed by atoms with E-state index >= 15 is 0 Å². The van der Waals surface area contributed by atoms with Crippen LogP contribution in [0.5, 0.6) is 0 Å². The van der Waals surface area contributed by atoms with Gasteiger partial charge in [0.2, 0.25) is 0 Å². The fourth-order valence-corrected chi connectivity index (χ4v) is 5.99. The first-order valence-corrected chi connectivity index (χ1v) is 12.2. The molecule has 8 nitrogen and oxygen atoms in total. The lowest BCUT2D eigenvalue weighted by molar-refractivity contribution is -0.163. The first-order chi connectivity index (χ1) is 15.5. The van der Waals surface area contributed by atoms with E-state index in [2.05, 4.69) is 14.5 Å². The van der Waals surface area contributed by atoms with Crippen LogP contribution in [0.25, 0.3) is 11.0 Å². The van der Waals surface area contributed by atoms with E-state index in [1.165, 1.54) is 6.33 Å². The van der Waals surface area contributed by atoms with E-state index in [-0.39, 0.29) is 36.3 Å². The highest BCUT2D eigenvalue weighted by Crippen LogP contribution is 2.50. The van der Waals surface area contributed by atoms with E-state index in [1.54, 1.807) is 0 Å². The summed E-state index contributed by atoms with van der Waals surface area (Å²) in [7, 11) is 0. The number of hydrogen-bond donors (Lipinski definition) is 0. The Kier molecular flexibility index (Phi) is 5.61. The van der Waals surface area contributed by atoms with Gasteiger partial charge in [-0.05, 0) is 66.4 Å². The molecule has 1 aliphatic carbocycles. The van der Waals surface area contributed by atoms with Crippen LogP contribution in [-0.2, 0) is 14.2 Å². The lowest BCUT2D eigenvalue weighted by Gasteiger charge is -2.41. The van der Waals surface area contributed by atoms with Crippen LogP contribution in [0.3, 0.4) is 0 Å². The number of likely N-dealkylation sites (tertiary alicyclic amines) is 1. The lowest BCUT2D eigenvalue weighted by atomic mass is 9.87. The first-order valence-electron chi connectivity index (χ1n) is 11.9. The molecule has 2 aromatic heterocycles. The summed E-state index contributed by atoms with van der Waals surface area (Å²) < 4.78 is 20.8. The Balaban J connectivity index is 1.48. The van der Waals surface area contributed by atoms with Gasteiger partial charge in [-0.1, -0.05) is 11.6 Å². The van der Waals surface area contributed by atoms with Crippen molar-refractivity contribution < 1.29 is 19.0 Å². The molecule has 180 valence electrons. The van der Waals surface area contributed by atoms with Crippen LogP contribution in [0.2, 0.25) is 5.15 Å². The number of halogens is 1. The van der Waals surface area contributed by atoms with Gasteiger partial charge in [0, 0.05) is 24.7 Å². The van der Waals surface area contributed by atoms with Crippen molar-refractivity contribution in [2.45, 2.75) is 96.0 Å². The molecule has 0 unspecified atom stereocenters. The van der Waals surface area contributed by atoms with Crippen molar-refractivity contribution >= 4 is 28.7 Å². The molecule has 3 aliphatic rings. The van der Waals surface area contributed by atoms with Crippen LogP contribution < -0.4 is 0 Å². The number of piperidine rings is 1. The maximum atomic E-state index is 13.1. The molecule has 0 aromatic carbocycles. The van der Waals surface area contributed by atoms with E-state index in [9.17, 15) is 4.79 Å². The number of amides is 1. The molecule has 0 radical (unpaired) electrons. The Hall–Kier alpha value is -1.90. The van der Waals surface area contributed by atoms with E-state index in [4.69, 9.17) is 25.8 Å². The predicted molar refractivity (Wildman–Crippen MR) is 124 cm³/mol. The molecule has 2 aliphatic heterocycles. The van der Waals surface area contributed by atoms with Crippen LogP contribution in [0.1, 0.15) is 66.3 Å². The van der Waals surface area contributed by atoms with Gasteiger partial charge in [-0.25, -0.2) is 14.8 Å². The number of fused-ring (bicyclic) bond motifs is 2. The Bertz CT molecular complexity index is 1050. The standard InChI is InChI=1S/C24H33ClN4O4/c1-23(2,3)33-22(30)29-10-7-6-8-16(29)15-12-17(19-18(15)31-24(4,5)32-19)28-11-9-14-20(25)26-13-27-21(14)28/h9,11,13,15-19H,6-8,10,12H2,1-5H3/t15-,16-,17-,18-,19+/m1/s1. The third-order valence-electron chi connectivity index (χ3n) is 6.97. The number of carbonyl (C=O) groups is 1. The average molecular weight is 477 g/mol. The zero-order valence-corrected chi connectivity index (χ0v) is 20.7. The average Bonchev–Trinajstić information content (AvgIpc) is 3.38. The van der Waals surface area contributed by atoms with Crippen molar-refractivity contribution in [1.29, 1.82) is 0 Å². The quantitative estimate of drug-likeness (QED) is 0.570. The van der Waals surface area contributed by atoms with Crippen molar-refractivity contribution in [3.63, 3.8) is 0 Å². The smallest absolute Gasteiger partial charge is 0.410 e. The number of ether oxygens (including phenoxy) is 3. The van der Waals surface area contributed by atoms with Crippen molar-refractivity contribution in [2.24, 2.45) is 5.92 Å². The highest BCUT2D eigenvalue weighted by atomic mass is 35.5. The fourth-order valence-electron chi connectivity index (χ4n) is 5.80. The van der Waals surface area contributed by atoms with Gasteiger partial charge >= 0.3 is 6.09 Å². The van der Waals surface area contributed by atoms with E-state index < -0.39 is 11.4 Å². The summed E-state index contributed by atoms with van der Waals surface area (Å²) in [5.41, 5.74) is 0.262. The summed E-state index contributed by atoms with van der Waals surface area (Å²) in [5, 5.41) is 1.27. The minimum Gasteiger partial charge on any atom is -0.444 e. The minimum absolute atomic E-state index is 0.0210. The van der Waals surface area contributed by atoms with Gasteiger partial charge in [0.05, 0.1) is 17.5 Å². The first kappa shape index (κ1) is 22.9. The molecule has 5 rings (SSSR count). The Morgan fingerprint density at radius 1 is 1.18 bits per heavy atom. The number of carbonyl (C=O) groups excluding carboxylic acids is 1. The van der Waals surface area contributed by atoms with Crippen LogP contribution in [0.15, 0.2) is 18.6 Å². The molecule has 33 heavy (non-hydrogen) atoms. The molecule has 0 spiro atoms.